The molecule has 2 heterocycles. The van der Waals surface area contributed by atoms with E-state index in [2.05, 4.69) is 77.8 Å². The Hall–Kier alpha value is -3.18. The fourth-order valence-corrected chi connectivity index (χ4v) is 4.18. The molecule has 0 saturated heterocycles. The molecule has 0 atom stereocenters. The molecule has 5 heteroatoms. The van der Waals surface area contributed by atoms with E-state index in [4.69, 9.17) is 5.10 Å². The van der Waals surface area contributed by atoms with E-state index >= 15 is 0 Å². The van der Waals surface area contributed by atoms with Crippen molar-refractivity contribution < 1.29 is 0 Å². The van der Waals surface area contributed by atoms with Crippen molar-refractivity contribution in [1.29, 1.82) is 0 Å². The molecule has 4 nitrogen and oxygen atoms in total. The number of fused-ring (bicyclic) bond motifs is 1. The van der Waals surface area contributed by atoms with Crippen LogP contribution in [0, 0.1) is 6.92 Å². The van der Waals surface area contributed by atoms with E-state index in [9.17, 15) is 0 Å². The lowest BCUT2D eigenvalue weighted by atomic mass is 10.0. The minimum absolute atomic E-state index is 0.788. The fourth-order valence-electron chi connectivity index (χ4n) is 3.35. The standard InChI is InChI=1S/C23H18N4S/c1-16-7-5-6-10-20(16)22-24-25-23-27(22)26-21(15-28-23)19-13-11-18(12-14-19)17-8-3-2-4-9-17/h2-14H,15H2,1H3. The Morgan fingerprint density at radius 3 is 2.21 bits per heavy atom. The van der Waals surface area contributed by atoms with Gasteiger partial charge < -0.3 is 0 Å². The summed E-state index contributed by atoms with van der Waals surface area (Å²) in [4.78, 5) is 0. The summed E-state index contributed by atoms with van der Waals surface area (Å²) in [5.41, 5.74) is 6.81. The molecule has 0 amide bonds. The van der Waals surface area contributed by atoms with E-state index in [0.717, 1.165) is 39.1 Å². The molecule has 5 rings (SSSR count). The van der Waals surface area contributed by atoms with E-state index in [1.54, 1.807) is 11.8 Å². The first-order valence-corrected chi connectivity index (χ1v) is 10.2. The van der Waals surface area contributed by atoms with Crippen molar-refractivity contribution in [2.45, 2.75) is 12.1 Å². The lowest BCUT2D eigenvalue weighted by Gasteiger charge is -2.15. The summed E-state index contributed by atoms with van der Waals surface area (Å²) in [6.07, 6.45) is 0. The van der Waals surface area contributed by atoms with Gasteiger partial charge in [0, 0.05) is 11.3 Å². The van der Waals surface area contributed by atoms with Crippen LogP contribution in [-0.4, -0.2) is 26.3 Å². The molecule has 0 fully saturated rings. The zero-order chi connectivity index (χ0) is 18.9. The van der Waals surface area contributed by atoms with Crippen molar-refractivity contribution in [2.24, 2.45) is 5.10 Å². The zero-order valence-electron chi connectivity index (χ0n) is 15.4. The van der Waals surface area contributed by atoms with Crippen molar-refractivity contribution in [1.82, 2.24) is 14.9 Å². The molecule has 1 aliphatic heterocycles. The van der Waals surface area contributed by atoms with Crippen molar-refractivity contribution >= 4 is 17.5 Å². The Morgan fingerprint density at radius 2 is 1.43 bits per heavy atom. The lowest BCUT2D eigenvalue weighted by Crippen LogP contribution is -2.13. The van der Waals surface area contributed by atoms with E-state index in [1.807, 2.05) is 22.9 Å². The number of hydrogen-bond acceptors (Lipinski definition) is 4. The Bertz CT molecular complexity index is 1160. The topological polar surface area (TPSA) is 43.1 Å². The molecule has 0 N–H and O–H groups in total. The van der Waals surface area contributed by atoms with Crippen molar-refractivity contribution in [3.8, 4) is 22.5 Å². The molecule has 3 aromatic carbocycles. The fraction of sp³-hybridized carbons (Fsp3) is 0.0870. The minimum Gasteiger partial charge on any atom is -0.187 e. The SMILES string of the molecule is Cc1ccccc1-c1nnc2n1N=C(c1ccc(-c3ccccc3)cc1)CS2. The summed E-state index contributed by atoms with van der Waals surface area (Å²) in [6.45, 7) is 2.08. The molecule has 0 radical (unpaired) electrons. The van der Waals surface area contributed by atoms with Gasteiger partial charge in [0.1, 0.15) is 0 Å². The van der Waals surface area contributed by atoms with Gasteiger partial charge in [0.25, 0.3) is 0 Å². The van der Waals surface area contributed by atoms with Crippen molar-refractivity contribution in [3.05, 3.63) is 90.0 Å². The Morgan fingerprint density at radius 1 is 0.750 bits per heavy atom. The van der Waals surface area contributed by atoms with Gasteiger partial charge in [-0.05, 0) is 29.2 Å². The van der Waals surface area contributed by atoms with Gasteiger partial charge in [-0.25, -0.2) is 0 Å². The number of aryl methyl sites for hydroxylation is 1. The highest BCUT2D eigenvalue weighted by atomic mass is 32.2. The van der Waals surface area contributed by atoms with E-state index in [0.29, 0.717) is 0 Å². The molecule has 1 aliphatic rings. The van der Waals surface area contributed by atoms with Gasteiger partial charge in [0.05, 0.1) is 5.71 Å². The summed E-state index contributed by atoms with van der Waals surface area (Å²) >= 11 is 1.67. The van der Waals surface area contributed by atoms with Crippen LogP contribution in [0.15, 0.2) is 89.1 Å². The smallest absolute Gasteiger partial charge is 0.187 e. The molecule has 0 saturated carbocycles. The largest absolute Gasteiger partial charge is 0.212 e. The second-order valence-corrected chi connectivity index (χ2v) is 7.65. The second kappa shape index (κ2) is 7.09. The molecule has 0 spiro atoms. The summed E-state index contributed by atoms with van der Waals surface area (Å²) in [6, 6.07) is 27.2. The van der Waals surface area contributed by atoms with Crippen LogP contribution in [0.25, 0.3) is 22.5 Å². The molecule has 136 valence electrons. The van der Waals surface area contributed by atoms with Gasteiger partial charge in [-0.1, -0.05) is 90.6 Å². The van der Waals surface area contributed by atoms with Gasteiger partial charge in [0.2, 0.25) is 5.16 Å². The van der Waals surface area contributed by atoms with Crippen LogP contribution in [0.3, 0.4) is 0 Å². The van der Waals surface area contributed by atoms with E-state index in [1.165, 1.54) is 11.1 Å². The summed E-state index contributed by atoms with van der Waals surface area (Å²) in [7, 11) is 0. The quantitative estimate of drug-likeness (QED) is 0.484. The highest BCUT2D eigenvalue weighted by Crippen LogP contribution is 2.30. The van der Waals surface area contributed by atoms with E-state index in [-0.39, 0.29) is 0 Å². The zero-order valence-corrected chi connectivity index (χ0v) is 16.2. The predicted octanol–water partition coefficient (Wildman–Crippen LogP) is 5.28. The number of aromatic nitrogens is 3. The molecular formula is C23H18N4S. The van der Waals surface area contributed by atoms with Gasteiger partial charge in [-0.2, -0.15) is 9.78 Å². The number of hydrogen-bond donors (Lipinski definition) is 0. The Labute approximate surface area is 168 Å². The van der Waals surface area contributed by atoms with Gasteiger partial charge >= 0.3 is 0 Å². The maximum absolute atomic E-state index is 4.88. The third kappa shape index (κ3) is 3.04. The molecule has 1 aromatic heterocycles. The lowest BCUT2D eigenvalue weighted by molar-refractivity contribution is 0.762. The summed E-state index contributed by atoms with van der Waals surface area (Å²) < 4.78 is 1.87. The molecule has 28 heavy (non-hydrogen) atoms. The first-order chi connectivity index (χ1) is 13.8. The van der Waals surface area contributed by atoms with Crippen molar-refractivity contribution in [2.75, 3.05) is 5.75 Å². The van der Waals surface area contributed by atoms with Gasteiger partial charge in [0.15, 0.2) is 5.82 Å². The highest BCUT2D eigenvalue weighted by molar-refractivity contribution is 7.99. The van der Waals surface area contributed by atoms with Crippen LogP contribution in [0.5, 0.6) is 0 Å². The maximum atomic E-state index is 4.88. The third-order valence-electron chi connectivity index (χ3n) is 4.88. The second-order valence-electron chi connectivity index (χ2n) is 6.71. The average Bonchev–Trinajstić information content (AvgIpc) is 3.18. The molecular weight excluding hydrogens is 364 g/mol. The van der Waals surface area contributed by atoms with Crippen LogP contribution in [0.2, 0.25) is 0 Å². The van der Waals surface area contributed by atoms with Crippen LogP contribution < -0.4 is 0 Å². The van der Waals surface area contributed by atoms with Crippen LogP contribution in [0.4, 0.5) is 0 Å². The molecule has 0 bridgehead atoms. The number of thioether (sulfide) groups is 1. The first-order valence-electron chi connectivity index (χ1n) is 9.17. The maximum Gasteiger partial charge on any atom is 0.212 e. The molecule has 0 aliphatic carbocycles. The molecule has 4 aromatic rings. The predicted molar refractivity (Wildman–Crippen MR) is 115 cm³/mol. The van der Waals surface area contributed by atoms with Crippen LogP contribution >= 0.6 is 11.8 Å². The monoisotopic (exact) mass is 382 g/mol. The highest BCUT2D eigenvalue weighted by Gasteiger charge is 2.21. The normalized spacial score (nSPS) is 13.1. The Balaban J connectivity index is 1.51. The Kier molecular flexibility index (Phi) is 4.29. The summed E-state index contributed by atoms with van der Waals surface area (Å²) in [5, 5.41) is 14.4. The first kappa shape index (κ1) is 17.0. The number of nitrogens with zero attached hydrogens (tertiary/aromatic N) is 4. The van der Waals surface area contributed by atoms with Crippen molar-refractivity contribution in [3.63, 3.8) is 0 Å². The van der Waals surface area contributed by atoms with Gasteiger partial charge in [-0.15, -0.1) is 10.2 Å². The molecule has 0 unspecified atom stereocenters. The average molecular weight is 382 g/mol. The van der Waals surface area contributed by atoms with Crippen LogP contribution in [0.1, 0.15) is 11.1 Å². The third-order valence-corrected chi connectivity index (χ3v) is 5.81. The van der Waals surface area contributed by atoms with E-state index < -0.39 is 0 Å². The van der Waals surface area contributed by atoms with Gasteiger partial charge in [-0.3, -0.25) is 0 Å². The number of rotatable bonds is 3. The number of benzene rings is 3. The van der Waals surface area contributed by atoms with Crippen LogP contribution in [-0.2, 0) is 0 Å². The minimum atomic E-state index is 0.788. The summed E-state index contributed by atoms with van der Waals surface area (Å²) in [5.74, 6) is 1.58.